The number of hydrogen-bond donors (Lipinski definition) is 1. The van der Waals surface area contributed by atoms with Crippen molar-refractivity contribution in [3.8, 4) is 0 Å². The van der Waals surface area contributed by atoms with Crippen molar-refractivity contribution in [3.05, 3.63) is 46.3 Å². The Kier molecular flexibility index (Phi) is 6.07. The summed E-state index contributed by atoms with van der Waals surface area (Å²) < 4.78 is 10.5. The van der Waals surface area contributed by atoms with Crippen LogP contribution in [-0.2, 0) is 20.9 Å². The molecule has 1 aromatic carbocycles. The van der Waals surface area contributed by atoms with Crippen LogP contribution in [0.3, 0.4) is 0 Å². The molecular formula is C17H22N4O5. The number of carbonyl (C=O) groups excluding carboxylic acids is 2. The maximum absolute atomic E-state index is 12.5. The Labute approximate surface area is 151 Å². The smallest absolute Gasteiger partial charge is 0.411 e. The van der Waals surface area contributed by atoms with Gasteiger partial charge in [0.05, 0.1) is 12.1 Å². The Morgan fingerprint density at radius 2 is 2.00 bits per heavy atom. The highest BCUT2D eigenvalue weighted by molar-refractivity contribution is 5.83. The van der Waals surface area contributed by atoms with E-state index < -0.39 is 35.9 Å². The normalized spacial score (nSPS) is 22.5. The highest BCUT2D eigenvalue weighted by Crippen LogP contribution is 2.25. The van der Waals surface area contributed by atoms with Gasteiger partial charge in [-0.3, -0.25) is 4.90 Å². The fraction of sp³-hybridized carbons (Fsp3) is 0.529. The van der Waals surface area contributed by atoms with Crippen LogP contribution in [0.25, 0.3) is 10.4 Å². The summed E-state index contributed by atoms with van der Waals surface area (Å²) in [6.07, 6.45) is -2.16. The molecule has 1 amide bonds. The van der Waals surface area contributed by atoms with E-state index in [2.05, 4.69) is 10.0 Å². The summed E-state index contributed by atoms with van der Waals surface area (Å²) in [4.78, 5) is 28.6. The lowest BCUT2D eigenvalue weighted by Crippen LogP contribution is -2.47. The zero-order chi connectivity index (χ0) is 19.3. The third kappa shape index (κ3) is 4.87. The first-order chi connectivity index (χ1) is 12.2. The van der Waals surface area contributed by atoms with Crippen LogP contribution < -0.4 is 0 Å². The monoisotopic (exact) mass is 362 g/mol. The number of rotatable bonds is 4. The first-order valence-corrected chi connectivity index (χ1v) is 8.15. The van der Waals surface area contributed by atoms with Crippen molar-refractivity contribution >= 4 is 12.1 Å². The van der Waals surface area contributed by atoms with Gasteiger partial charge in [0, 0.05) is 11.5 Å². The van der Waals surface area contributed by atoms with Crippen LogP contribution in [0.2, 0.25) is 0 Å². The summed E-state index contributed by atoms with van der Waals surface area (Å²) >= 11 is 0. The van der Waals surface area contributed by atoms with Crippen LogP contribution >= 0.6 is 0 Å². The Morgan fingerprint density at radius 3 is 2.58 bits per heavy atom. The van der Waals surface area contributed by atoms with Gasteiger partial charge < -0.3 is 14.6 Å². The highest BCUT2D eigenvalue weighted by atomic mass is 16.6. The van der Waals surface area contributed by atoms with Crippen molar-refractivity contribution in [1.82, 2.24) is 4.90 Å². The van der Waals surface area contributed by atoms with Gasteiger partial charge in [0.25, 0.3) is 0 Å². The van der Waals surface area contributed by atoms with E-state index in [0.29, 0.717) is 0 Å². The molecule has 1 N–H and O–H groups in total. The van der Waals surface area contributed by atoms with Crippen LogP contribution in [-0.4, -0.2) is 52.4 Å². The SMILES string of the molecule is CC(C)(C)OC(=O)N1C[C@@H](N=[N+]=[N-])[C@H](O)[C@H]1C(=O)OCc1ccccc1. The number of benzene rings is 1. The number of ether oxygens (including phenoxy) is 2. The molecule has 0 bridgehead atoms. The van der Waals surface area contributed by atoms with E-state index >= 15 is 0 Å². The molecule has 1 aliphatic heterocycles. The fourth-order valence-electron chi connectivity index (χ4n) is 2.58. The molecule has 0 aliphatic carbocycles. The van der Waals surface area contributed by atoms with Crippen molar-refractivity contribution in [2.75, 3.05) is 6.54 Å². The second kappa shape index (κ2) is 8.07. The minimum Gasteiger partial charge on any atom is -0.459 e. The Hall–Kier alpha value is -2.77. The molecule has 0 radical (unpaired) electrons. The number of aliphatic hydroxyl groups excluding tert-OH is 1. The number of likely N-dealkylation sites (tertiary alicyclic amines) is 1. The van der Waals surface area contributed by atoms with Crippen molar-refractivity contribution < 1.29 is 24.2 Å². The van der Waals surface area contributed by atoms with Crippen molar-refractivity contribution in [2.24, 2.45) is 5.11 Å². The summed E-state index contributed by atoms with van der Waals surface area (Å²) in [6.45, 7) is 4.92. The van der Waals surface area contributed by atoms with Gasteiger partial charge in [0.1, 0.15) is 12.2 Å². The number of nitrogens with zero attached hydrogens (tertiary/aromatic N) is 4. The number of hydrogen-bond acceptors (Lipinski definition) is 6. The zero-order valence-electron chi connectivity index (χ0n) is 14.9. The van der Waals surface area contributed by atoms with Gasteiger partial charge in [-0.25, -0.2) is 9.59 Å². The maximum atomic E-state index is 12.5. The van der Waals surface area contributed by atoms with E-state index in [9.17, 15) is 14.7 Å². The number of carbonyl (C=O) groups is 2. The summed E-state index contributed by atoms with van der Waals surface area (Å²) in [5.41, 5.74) is 8.62. The fourth-order valence-corrected chi connectivity index (χ4v) is 2.58. The quantitative estimate of drug-likeness (QED) is 0.381. The minimum absolute atomic E-state index is 0.00274. The number of azide groups is 1. The molecule has 1 aliphatic rings. The molecule has 140 valence electrons. The van der Waals surface area contributed by atoms with E-state index in [1.165, 1.54) is 0 Å². The maximum Gasteiger partial charge on any atom is 0.411 e. The summed E-state index contributed by atoms with van der Waals surface area (Å²) in [5, 5.41) is 13.8. The number of aliphatic hydroxyl groups is 1. The van der Waals surface area contributed by atoms with Crippen molar-refractivity contribution in [2.45, 2.75) is 51.2 Å². The third-order valence-corrected chi connectivity index (χ3v) is 3.73. The molecule has 0 saturated carbocycles. The highest BCUT2D eigenvalue weighted by Gasteiger charge is 2.49. The van der Waals surface area contributed by atoms with Crippen LogP contribution in [0.5, 0.6) is 0 Å². The number of esters is 1. The van der Waals surface area contributed by atoms with Gasteiger partial charge in [-0.15, -0.1) is 0 Å². The average Bonchev–Trinajstić information content (AvgIpc) is 2.89. The topological polar surface area (TPSA) is 125 Å². The molecule has 1 heterocycles. The Balaban J connectivity index is 2.15. The Bertz CT molecular complexity index is 697. The summed E-state index contributed by atoms with van der Waals surface area (Å²) in [5.74, 6) is -0.789. The lowest BCUT2D eigenvalue weighted by molar-refractivity contribution is -0.153. The third-order valence-electron chi connectivity index (χ3n) is 3.73. The van der Waals surface area contributed by atoms with Crippen LogP contribution in [0.15, 0.2) is 35.4 Å². The molecule has 1 aromatic rings. The molecule has 9 heteroatoms. The molecule has 26 heavy (non-hydrogen) atoms. The van der Waals surface area contributed by atoms with E-state index in [-0.39, 0.29) is 13.2 Å². The number of amides is 1. The van der Waals surface area contributed by atoms with Gasteiger partial charge in [-0.1, -0.05) is 35.4 Å². The van der Waals surface area contributed by atoms with E-state index in [4.69, 9.17) is 15.0 Å². The second-order valence-electron chi connectivity index (χ2n) is 6.93. The van der Waals surface area contributed by atoms with Gasteiger partial charge in [-0.2, -0.15) is 0 Å². The van der Waals surface area contributed by atoms with Crippen LogP contribution in [0, 0.1) is 0 Å². The van der Waals surface area contributed by atoms with Gasteiger partial charge in [-0.05, 0) is 31.9 Å². The van der Waals surface area contributed by atoms with Crippen molar-refractivity contribution in [3.63, 3.8) is 0 Å². The van der Waals surface area contributed by atoms with Crippen molar-refractivity contribution in [1.29, 1.82) is 0 Å². The van der Waals surface area contributed by atoms with Crippen LogP contribution in [0.1, 0.15) is 26.3 Å². The standard InChI is InChI=1S/C17H22N4O5/c1-17(2,3)26-16(24)21-9-12(19-20-18)14(22)13(21)15(23)25-10-11-7-5-4-6-8-11/h4-8,12-14,22H,9-10H2,1-3H3/t12-,13+,14+/m1/s1. The average molecular weight is 362 g/mol. The lowest BCUT2D eigenvalue weighted by atomic mass is 10.1. The summed E-state index contributed by atoms with van der Waals surface area (Å²) in [7, 11) is 0. The molecule has 1 fully saturated rings. The predicted octanol–water partition coefficient (Wildman–Crippen LogP) is 2.39. The largest absolute Gasteiger partial charge is 0.459 e. The van der Waals surface area contributed by atoms with E-state index in [1.54, 1.807) is 45.0 Å². The first kappa shape index (κ1) is 19.6. The Morgan fingerprint density at radius 1 is 1.35 bits per heavy atom. The first-order valence-electron chi connectivity index (χ1n) is 8.15. The summed E-state index contributed by atoms with van der Waals surface area (Å²) in [6, 6.07) is 6.75. The van der Waals surface area contributed by atoms with E-state index in [0.717, 1.165) is 10.5 Å². The molecule has 3 atom stereocenters. The zero-order valence-corrected chi connectivity index (χ0v) is 14.9. The van der Waals surface area contributed by atoms with Gasteiger partial charge in [0.15, 0.2) is 6.04 Å². The molecule has 1 saturated heterocycles. The molecule has 2 rings (SSSR count). The minimum atomic E-state index is -1.37. The predicted molar refractivity (Wildman–Crippen MR) is 91.9 cm³/mol. The molecule has 0 unspecified atom stereocenters. The van der Waals surface area contributed by atoms with Gasteiger partial charge in [0.2, 0.25) is 0 Å². The molecule has 9 nitrogen and oxygen atoms in total. The second-order valence-corrected chi connectivity index (χ2v) is 6.93. The van der Waals surface area contributed by atoms with E-state index in [1.807, 2.05) is 6.07 Å². The molecular weight excluding hydrogens is 340 g/mol. The molecule has 0 aromatic heterocycles. The van der Waals surface area contributed by atoms with Gasteiger partial charge >= 0.3 is 12.1 Å². The lowest BCUT2D eigenvalue weighted by Gasteiger charge is -2.28. The van der Waals surface area contributed by atoms with Crippen LogP contribution in [0.4, 0.5) is 4.79 Å². The molecule has 0 spiro atoms.